The Kier molecular flexibility index (Phi) is 19.1. The van der Waals surface area contributed by atoms with E-state index in [0.29, 0.717) is 23.5 Å². The molecule has 2 aromatic rings. The first-order valence-corrected chi connectivity index (χ1v) is 16.0. The summed E-state index contributed by atoms with van der Waals surface area (Å²) in [6.45, 7) is 14.0. The Hall–Kier alpha value is -4.34. The van der Waals surface area contributed by atoms with E-state index >= 15 is 0 Å². The van der Waals surface area contributed by atoms with Gasteiger partial charge in [-0.3, -0.25) is 9.59 Å². The molecule has 2 unspecified atom stereocenters. The van der Waals surface area contributed by atoms with E-state index in [1.54, 1.807) is 32.6 Å². The Morgan fingerprint density at radius 3 is 1.98 bits per heavy atom. The largest absolute Gasteiger partial charge is 0.497 e. The summed E-state index contributed by atoms with van der Waals surface area (Å²) in [7, 11) is 0. The highest BCUT2D eigenvalue weighted by Crippen LogP contribution is 2.15. The number of hydrogen-bond donors (Lipinski definition) is 0. The standard InChI is InChI=1S/C12H16O4.C8H10O2.3C6H8O/c1-9-7-15-10(6-11(9)13)8-16-12-4-2-3-5-14-12;1-3-7-4-8(9)6(2)5-10-7;1-6-2-4-7-5-3-6;1-6-3-2-4-7-5-6;1-6-4-2-3-5-7-6/h6-7,12H,2-5,8H2,1H3;4-5H,3H2,1-2H3;2-4H,5H2,1H3;2-3,5H,4H2,1H3;2-6H,1H3. The van der Waals surface area contributed by atoms with Crippen LogP contribution in [-0.2, 0) is 36.7 Å². The van der Waals surface area contributed by atoms with Crippen molar-refractivity contribution in [1.29, 1.82) is 0 Å². The van der Waals surface area contributed by atoms with E-state index < -0.39 is 0 Å². The molecule has 1 saturated heterocycles. The van der Waals surface area contributed by atoms with E-state index in [-0.39, 0.29) is 23.3 Å². The number of aryl methyl sites for hydroxylation is 3. The fraction of sp³-hybridized carbons (Fsp3) is 0.421. The van der Waals surface area contributed by atoms with Crippen LogP contribution in [0.2, 0.25) is 0 Å². The second kappa shape index (κ2) is 23.1. The molecule has 4 aliphatic heterocycles. The average Bonchev–Trinajstić information content (AvgIpc) is 3.09. The first-order valence-electron chi connectivity index (χ1n) is 16.0. The Labute approximate surface area is 278 Å². The van der Waals surface area contributed by atoms with Crippen LogP contribution in [0, 0.1) is 13.8 Å². The maximum atomic E-state index is 11.3. The third-order valence-corrected chi connectivity index (χ3v) is 6.67. The summed E-state index contributed by atoms with van der Waals surface area (Å²) in [5.74, 6) is 1.29. The minimum absolute atomic E-state index is 0.0191. The molecular weight excluding hydrogens is 600 g/mol. The summed E-state index contributed by atoms with van der Waals surface area (Å²) in [4.78, 5) is 22.3. The summed E-state index contributed by atoms with van der Waals surface area (Å²) < 4.78 is 36.1. The molecule has 0 radical (unpaired) electrons. The van der Waals surface area contributed by atoms with Gasteiger partial charge in [-0.2, -0.15) is 0 Å². The van der Waals surface area contributed by atoms with Gasteiger partial charge in [0.05, 0.1) is 31.3 Å². The molecule has 0 aromatic carbocycles. The molecule has 256 valence electrons. The molecule has 0 N–H and O–H groups in total. The van der Waals surface area contributed by atoms with Gasteiger partial charge in [0.1, 0.15) is 37.4 Å². The monoisotopic (exact) mass is 650 g/mol. The maximum absolute atomic E-state index is 11.3. The fourth-order valence-corrected chi connectivity index (χ4v) is 3.76. The molecule has 0 amide bonds. The first-order chi connectivity index (χ1) is 22.7. The molecule has 2 aromatic heterocycles. The Bertz CT molecular complexity index is 1450. The molecule has 0 saturated carbocycles. The van der Waals surface area contributed by atoms with Gasteiger partial charge >= 0.3 is 0 Å². The van der Waals surface area contributed by atoms with E-state index in [1.165, 1.54) is 35.8 Å². The minimum Gasteiger partial charge on any atom is -0.497 e. The van der Waals surface area contributed by atoms with E-state index in [1.807, 2.05) is 63.3 Å². The van der Waals surface area contributed by atoms with Crippen molar-refractivity contribution in [2.75, 3.05) is 19.8 Å². The smallest absolute Gasteiger partial charge is 0.188 e. The second-order valence-corrected chi connectivity index (χ2v) is 11.0. The van der Waals surface area contributed by atoms with Crippen molar-refractivity contribution in [3.63, 3.8) is 0 Å². The van der Waals surface area contributed by atoms with Gasteiger partial charge in [-0.05, 0) is 95.4 Å². The van der Waals surface area contributed by atoms with Gasteiger partial charge in [-0.1, -0.05) is 19.1 Å². The topological polar surface area (TPSA) is 107 Å². The van der Waals surface area contributed by atoms with Crippen molar-refractivity contribution < 1.29 is 32.5 Å². The molecule has 6 rings (SSSR count). The van der Waals surface area contributed by atoms with Crippen LogP contribution in [0.25, 0.3) is 0 Å². The van der Waals surface area contributed by atoms with Gasteiger partial charge in [0, 0.05) is 36.3 Å². The molecule has 1 fully saturated rings. The predicted molar refractivity (Wildman–Crippen MR) is 184 cm³/mol. The molecule has 0 spiro atoms. The highest BCUT2D eigenvalue weighted by atomic mass is 16.7. The summed E-state index contributed by atoms with van der Waals surface area (Å²) in [6, 6.07) is 3.01. The molecule has 9 heteroatoms. The zero-order valence-electron chi connectivity index (χ0n) is 28.6. The number of allylic oxidation sites excluding steroid dienone is 6. The highest BCUT2D eigenvalue weighted by Gasteiger charge is 2.14. The van der Waals surface area contributed by atoms with Crippen LogP contribution in [0.15, 0.2) is 116 Å². The normalized spacial score (nSPS) is 18.7. The number of ether oxygens (including phenoxy) is 5. The van der Waals surface area contributed by atoms with Crippen molar-refractivity contribution in [2.24, 2.45) is 0 Å². The zero-order chi connectivity index (χ0) is 34.3. The van der Waals surface area contributed by atoms with Crippen LogP contribution >= 0.6 is 0 Å². The Morgan fingerprint density at radius 2 is 1.55 bits per heavy atom. The van der Waals surface area contributed by atoms with Crippen LogP contribution in [0.4, 0.5) is 0 Å². The van der Waals surface area contributed by atoms with Gasteiger partial charge in [-0.15, -0.1) is 0 Å². The summed E-state index contributed by atoms with van der Waals surface area (Å²) >= 11 is 0. The van der Waals surface area contributed by atoms with E-state index in [4.69, 9.17) is 32.5 Å². The second-order valence-electron chi connectivity index (χ2n) is 11.0. The molecule has 0 aliphatic carbocycles. The molecule has 0 bridgehead atoms. The van der Waals surface area contributed by atoms with Crippen LogP contribution < -0.4 is 10.9 Å². The SMILES string of the molecule is CC1=CCOC=C1.CC1=COCC=C1.CC1C=CC=CO1.CCc1cc(=O)c(C)co1.Cc1coc(COC2CCCCO2)cc1=O. The Balaban J connectivity index is 0.000000215. The van der Waals surface area contributed by atoms with E-state index in [0.717, 1.165) is 51.3 Å². The lowest BCUT2D eigenvalue weighted by Gasteiger charge is -2.22. The van der Waals surface area contributed by atoms with E-state index in [9.17, 15) is 9.59 Å². The zero-order valence-corrected chi connectivity index (χ0v) is 28.6. The average molecular weight is 651 g/mol. The van der Waals surface area contributed by atoms with Crippen molar-refractivity contribution in [2.45, 2.75) is 86.2 Å². The molecule has 4 aliphatic rings. The van der Waals surface area contributed by atoms with Gasteiger partial charge in [-0.25, -0.2) is 0 Å². The van der Waals surface area contributed by atoms with Gasteiger partial charge in [0.2, 0.25) is 0 Å². The molecule has 47 heavy (non-hydrogen) atoms. The minimum atomic E-state index is -0.152. The summed E-state index contributed by atoms with van der Waals surface area (Å²) in [5.41, 5.74) is 3.78. The van der Waals surface area contributed by atoms with Crippen LogP contribution in [0.5, 0.6) is 0 Å². The lowest BCUT2D eigenvalue weighted by Crippen LogP contribution is -2.22. The molecule has 9 nitrogen and oxygen atoms in total. The van der Waals surface area contributed by atoms with Crippen LogP contribution in [0.1, 0.15) is 69.6 Å². The summed E-state index contributed by atoms with van der Waals surface area (Å²) in [6.07, 6.45) is 26.1. The molecule has 6 heterocycles. The lowest BCUT2D eigenvalue weighted by molar-refractivity contribution is -0.171. The number of hydrogen-bond acceptors (Lipinski definition) is 9. The van der Waals surface area contributed by atoms with Gasteiger partial charge < -0.3 is 32.5 Å². The van der Waals surface area contributed by atoms with Crippen LogP contribution in [0.3, 0.4) is 0 Å². The van der Waals surface area contributed by atoms with Gasteiger partial charge in [0.25, 0.3) is 0 Å². The third-order valence-electron chi connectivity index (χ3n) is 6.67. The number of rotatable bonds is 4. The van der Waals surface area contributed by atoms with E-state index in [2.05, 4.69) is 6.92 Å². The quantitative estimate of drug-likeness (QED) is 0.326. The summed E-state index contributed by atoms with van der Waals surface area (Å²) in [5, 5.41) is 0. The fourth-order valence-electron chi connectivity index (χ4n) is 3.76. The lowest BCUT2D eigenvalue weighted by atomic mass is 10.2. The van der Waals surface area contributed by atoms with Crippen molar-refractivity contribution in [3.8, 4) is 0 Å². The predicted octanol–water partition coefficient (Wildman–Crippen LogP) is 7.93. The van der Waals surface area contributed by atoms with Crippen molar-refractivity contribution >= 4 is 0 Å². The van der Waals surface area contributed by atoms with Crippen LogP contribution in [-0.4, -0.2) is 32.2 Å². The van der Waals surface area contributed by atoms with Crippen molar-refractivity contribution in [3.05, 3.63) is 140 Å². The maximum Gasteiger partial charge on any atom is 0.188 e. The van der Waals surface area contributed by atoms with Crippen molar-refractivity contribution in [1.82, 2.24) is 0 Å². The first kappa shape index (κ1) is 38.8. The van der Waals surface area contributed by atoms with Gasteiger partial charge in [0.15, 0.2) is 17.1 Å². The Morgan fingerprint density at radius 1 is 0.830 bits per heavy atom. The molecular formula is C38H50O9. The molecule has 2 atom stereocenters. The third kappa shape index (κ3) is 17.8. The highest BCUT2D eigenvalue weighted by molar-refractivity contribution is 5.17.